The van der Waals surface area contributed by atoms with Crippen LogP contribution in [0.2, 0.25) is 0 Å². The van der Waals surface area contributed by atoms with E-state index in [2.05, 4.69) is 154 Å². The molecule has 0 saturated heterocycles. The maximum Gasteiger partial charge on any atom is 0.306 e. The number of unbranched alkanes of at least 4 members (excludes halogenated alkanes) is 23. The second-order valence-electron chi connectivity index (χ2n) is 20.5. The monoisotopic (exact) mass is 1060 g/mol. The lowest BCUT2D eigenvalue weighted by molar-refractivity contribution is -0.167. The molecule has 0 aliphatic rings. The Balaban J connectivity index is 4.49. The fourth-order valence-electron chi connectivity index (χ4n) is 8.44. The van der Waals surface area contributed by atoms with E-state index in [1.807, 2.05) is 0 Å². The first-order valence-electron chi connectivity index (χ1n) is 31.7. The van der Waals surface area contributed by atoms with Crippen LogP contribution in [0.4, 0.5) is 0 Å². The van der Waals surface area contributed by atoms with E-state index in [4.69, 9.17) is 14.2 Å². The third kappa shape index (κ3) is 62.3. The van der Waals surface area contributed by atoms with E-state index in [1.54, 1.807) is 0 Å². The summed E-state index contributed by atoms with van der Waals surface area (Å²) in [7, 11) is 0. The molecule has 1 unspecified atom stereocenters. The highest BCUT2D eigenvalue weighted by molar-refractivity contribution is 5.71. The zero-order valence-corrected chi connectivity index (χ0v) is 49.9. The predicted molar refractivity (Wildman–Crippen MR) is 334 cm³/mol. The van der Waals surface area contributed by atoms with Gasteiger partial charge in [-0.3, -0.25) is 14.4 Å². The number of ether oxygens (including phenoxy) is 3. The summed E-state index contributed by atoms with van der Waals surface area (Å²) >= 11 is 0. The van der Waals surface area contributed by atoms with E-state index in [0.29, 0.717) is 19.3 Å². The van der Waals surface area contributed by atoms with Gasteiger partial charge in [-0.25, -0.2) is 0 Å². The molecule has 0 aliphatic carbocycles. The second-order valence-corrected chi connectivity index (χ2v) is 20.5. The number of hydrogen-bond donors (Lipinski definition) is 0. The topological polar surface area (TPSA) is 78.9 Å². The molecule has 436 valence electrons. The van der Waals surface area contributed by atoms with Crippen molar-refractivity contribution in [1.29, 1.82) is 0 Å². The number of carbonyl (C=O) groups is 3. The quantitative estimate of drug-likeness (QED) is 0.0261. The van der Waals surface area contributed by atoms with Gasteiger partial charge in [-0.05, 0) is 128 Å². The fourth-order valence-corrected chi connectivity index (χ4v) is 8.44. The molecule has 0 amide bonds. The van der Waals surface area contributed by atoms with E-state index < -0.39 is 6.10 Å². The molecule has 0 radical (unpaired) electrons. The van der Waals surface area contributed by atoms with E-state index >= 15 is 0 Å². The van der Waals surface area contributed by atoms with E-state index in [0.717, 1.165) is 116 Å². The van der Waals surface area contributed by atoms with Crippen LogP contribution in [0.15, 0.2) is 134 Å². The number of esters is 3. The van der Waals surface area contributed by atoms with Gasteiger partial charge in [-0.2, -0.15) is 0 Å². The molecule has 0 bridgehead atoms. The van der Waals surface area contributed by atoms with Crippen LogP contribution >= 0.6 is 0 Å². The third-order valence-corrected chi connectivity index (χ3v) is 13.1. The van der Waals surface area contributed by atoms with Crippen molar-refractivity contribution in [3.8, 4) is 0 Å². The normalized spacial score (nSPS) is 13.0. The van der Waals surface area contributed by atoms with Gasteiger partial charge in [0.25, 0.3) is 0 Å². The van der Waals surface area contributed by atoms with Crippen molar-refractivity contribution in [3.05, 3.63) is 134 Å². The molecular weight excluding hydrogens is 949 g/mol. The molecule has 0 rings (SSSR count). The van der Waals surface area contributed by atoms with Crippen molar-refractivity contribution in [2.24, 2.45) is 0 Å². The average Bonchev–Trinajstić information content (AvgIpc) is 3.43. The molecular formula is C71H116O6. The zero-order chi connectivity index (χ0) is 55.7. The number of allylic oxidation sites excluding steroid dienone is 22. The van der Waals surface area contributed by atoms with Gasteiger partial charge in [0, 0.05) is 19.3 Å². The molecule has 0 aromatic heterocycles. The minimum Gasteiger partial charge on any atom is -0.462 e. The van der Waals surface area contributed by atoms with E-state index in [1.165, 1.54) is 116 Å². The maximum absolute atomic E-state index is 12.9. The van der Waals surface area contributed by atoms with Gasteiger partial charge in [-0.15, -0.1) is 0 Å². The van der Waals surface area contributed by atoms with Gasteiger partial charge < -0.3 is 14.2 Å². The molecule has 0 aromatic rings. The smallest absolute Gasteiger partial charge is 0.306 e. The first kappa shape index (κ1) is 72.5. The van der Waals surface area contributed by atoms with Gasteiger partial charge in [0.15, 0.2) is 6.10 Å². The second kappa shape index (κ2) is 64.1. The van der Waals surface area contributed by atoms with Crippen molar-refractivity contribution in [1.82, 2.24) is 0 Å². The fraction of sp³-hybridized carbons (Fsp3) is 0.648. The highest BCUT2D eigenvalue weighted by Gasteiger charge is 2.19. The van der Waals surface area contributed by atoms with Crippen LogP contribution in [0, 0.1) is 0 Å². The third-order valence-electron chi connectivity index (χ3n) is 13.1. The highest BCUT2D eigenvalue weighted by Crippen LogP contribution is 2.15. The van der Waals surface area contributed by atoms with Gasteiger partial charge in [-0.1, -0.05) is 264 Å². The molecule has 0 N–H and O–H groups in total. The standard InChI is InChI=1S/C71H116O6/c1-4-7-10-13-16-19-22-25-28-31-33-35-37-40-43-46-49-52-55-58-61-64-70(73)76-67-68(66-75-69(72)63-60-57-54-51-48-45-42-39-30-27-24-21-18-15-12-9-6-3)77-71(74)65-62-59-56-53-50-47-44-41-38-36-34-32-29-26-23-20-17-14-11-8-5-2/h7,9-10,12,16,18-19,21,23,25-28,30,32-35,42,45,51,54,68H,4-6,8,11,13-15,17,20,22,24,29,31,36-41,43-44,46-50,52-53,55-67H2,1-3H3/b10-7-,12-9-,19-16-,21-18-,26-23-,28-25-,30-27-,34-32-,35-33-,45-42-,54-51-. The predicted octanol–water partition coefficient (Wildman–Crippen LogP) is 21.8. The van der Waals surface area contributed by atoms with Crippen LogP contribution < -0.4 is 0 Å². The Morgan fingerprint density at radius 1 is 0.273 bits per heavy atom. The largest absolute Gasteiger partial charge is 0.462 e. The molecule has 77 heavy (non-hydrogen) atoms. The summed E-state index contributed by atoms with van der Waals surface area (Å²) in [5.74, 6) is -0.975. The summed E-state index contributed by atoms with van der Waals surface area (Å²) < 4.78 is 16.9. The molecule has 0 fully saturated rings. The van der Waals surface area contributed by atoms with Gasteiger partial charge >= 0.3 is 17.9 Å². The first-order chi connectivity index (χ1) is 38.0. The van der Waals surface area contributed by atoms with Crippen molar-refractivity contribution in [3.63, 3.8) is 0 Å². The Morgan fingerprint density at radius 2 is 0.519 bits per heavy atom. The Labute approximate surface area is 475 Å². The van der Waals surface area contributed by atoms with Crippen LogP contribution in [0.3, 0.4) is 0 Å². The van der Waals surface area contributed by atoms with Crippen molar-refractivity contribution in [2.45, 2.75) is 284 Å². The highest BCUT2D eigenvalue weighted by atomic mass is 16.6. The van der Waals surface area contributed by atoms with E-state index in [-0.39, 0.29) is 37.5 Å². The molecule has 0 aromatic carbocycles. The average molecular weight is 1070 g/mol. The van der Waals surface area contributed by atoms with Crippen LogP contribution in [0.25, 0.3) is 0 Å². The van der Waals surface area contributed by atoms with Crippen LogP contribution in [0.1, 0.15) is 278 Å². The first-order valence-corrected chi connectivity index (χ1v) is 31.7. The Bertz CT molecular complexity index is 1650. The van der Waals surface area contributed by atoms with E-state index in [9.17, 15) is 14.4 Å². The molecule has 0 aliphatic heterocycles. The Kier molecular flexibility index (Phi) is 60.4. The lowest BCUT2D eigenvalue weighted by Gasteiger charge is -2.18. The summed E-state index contributed by atoms with van der Waals surface area (Å²) in [5, 5.41) is 0. The van der Waals surface area contributed by atoms with Crippen LogP contribution in [0.5, 0.6) is 0 Å². The minimum atomic E-state index is -0.813. The molecule has 6 heteroatoms. The summed E-state index contributed by atoms with van der Waals surface area (Å²) in [6, 6.07) is 0. The summed E-state index contributed by atoms with van der Waals surface area (Å²) in [5.41, 5.74) is 0. The number of carbonyl (C=O) groups excluding carboxylic acids is 3. The number of hydrogen-bond acceptors (Lipinski definition) is 6. The molecule has 6 nitrogen and oxygen atoms in total. The van der Waals surface area contributed by atoms with Crippen LogP contribution in [-0.4, -0.2) is 37.2 Å². The summed E-state index contributed by atoms with van der Waals surface area (Å²) in [6.07, 6.45) is 90.2. The summed E-state index contributed by atoms with van der Waals surface area (Å²) in [4.78, 5) is 38.3. The Morgan fingerprint density at radius 3 is 0.844 bits per heavy atom. The molecule has 0 spiro atoms. The molecule has 0 saturated carbocycles. The van der Waals surface area contributed by atoms with Gasteiger partial charge in [0.1, 0.15) is 13.2 Å². The SMILES string of the molecule is CC/C=C\C/C=C\C/C=C\C/C=C\C/C=C\CCCC(=O)OCC(COC(=O)CCCCCCCCCC/C=C\C/C=C\C/C=C\C/C=C\CC)OC(=O)CCCCCCCCCCC/C=C\C/C=C\CCCCCCC. The van der Waals surface area contributed by atoms with Gasteiger partial charge in [0.2, 0.25) is 0 Å². The molecule has 0 heterocycles. The summed E-state index contributed by atoms with van der Waals surface area (Å²) in [6.45, 7) is 6.36. The molecule has 1 atom stereocenters. The lowest BCUT2D eigenvalue weighted by atomic mass is 10.1. The Hall–Kier alpha value is -4.45. The van der Waals surface area contributed by atoms with Crippen molar-refractivity contribution in [2.75, 3.05) is 13.2 Å². The zero-order valence-electron chi connectivity index (χ0n) is 49.9. The van der Waals surface area contributed by atoms with Crippen LogP contribution in [-0.2, 0) is 28.6 Å². The van der Waals surface area contributed by atoms with Crippen molar-refractivity contribution >= 4 is 17.9 Å². The van der Waals surface area contributed by atoms with Crippen molar-refractivity contribution < 1.29 is 28.6 Å². The minimum absolute atomic E-state index is 0.105. The lowest BCUT2D eigenvalue weighted by Crippen LogP contribution is -2.30. The number of rotatable bonds is 56. The maximum atomic E-state index is 12.9. The van der Waals surface area contributed by atoms with Gasteiger partial charge in [0.05, 0.1) is 0 Å².